The first-order chi connectivity index (χ1) is 37.4. The van der Waals surface area contributed by atoms with Crippen molar-refractivity contribution >= 4 is 32.3 Å². The second-order valence-corrected chi connectivity index (χ2v) is 26.0. The van der Waals surface area contributed by atoms with E-state index in [4.69, 9.17) is 0 Å². The van der Waals surface area contributed by atoms with Crippen LogP contribution in [0, 0.1) is 33.5 Å². The highest BCUT2D eigenvalue weighted by atomic mass is 14.0. The highest BCUT2D eigenvalue weighted by Gasteiger charge is 1.97. The molecule has 9 aromatic carbocycles. The van der Waals surface area contributed by atoms with Gasteiger partial charge < -0.3 is 0 Å². The lowest BCUT2D eigenvalue weighted by Crippen LogP contribution is -1.93. The van der Waals surface area contributed by atoms with Crippen molar-refractivity contribution in [3.63, 3.8) is 0 Å². The van der Waals surface area contributed by atoms with Gasteiger partial charge in [-0.3, -0.25) is 0 Å². The maximum atomic E-state index is 2.19. The first-order valence-electron chi connectivity index (χ1n) is 29.7. The molecule has 0 spiro atoms. The minimum Gasteiger partial charge on any atom is -0.0683 e. The standard InChI is InChI=1S/3C10H8.3C6H6.4C5H12.2C4H10.2C2H6/c3*1-2-6-10-8-4-3-7-9(10)5-1;3*1-2-4-6-5-3-1;4*1-5(2,3)4;2*1-4(2)3;2*1-2/h3*1-8H;3*1-6H;4*1-4H3;2*4H,1-3H3;2*1-2H3. The SMILES string of the molecule is CC.CC.CC(C)(C)C.CC(C)(C)C.CC(C)(C)C.CC(C)(C)C.CC(C)C.CC(C)C.c1ccc2ccccc2c1.c1ccc2ccccc2c1.c1ccc2ccccc2c1.c1ccccc1.c1ccccc1.c1ccccc1. The Morgan fingerprint density at radius 2 is 0.212 bits per heavy atom. The number of hydrogen-bond acceptors (Lipinski definition) is 0. The molecule has 0 bridgehead atoms. The lowest BCUT2D eigenvalue weighted by Gasteiger charge is -2.05. The Bertz CT molecular complexity index is 1950. The molecule has 0 amide bonds. The Morgan fingerprint density at radius 3 is 0.263 bits per heavy atom. The summed E-state index contributed by atoms with van der Waals surface area (Å²) in [6.45, 7) is 56.0. The van der Waals surface area contributed by atoms with Crippen molar-refractivity contribution in [3.05, 3.63) is 255 Å². The molecule has 0 aliphatic rings. The van der Waals surface area contributed by atoms with Gasteiger partial charge in [0.05, 0.1) is 0 Å². The topological polar surface area (TPSA) is 0 Å². The van der Waals surface area contributed by atoms with E-state index in [2.05, 4.69) is 298 Å². The summed E-state index contributed by atoms with van der Waals surface area (Å²) in [5.41, 5.74) is 2.00. The van der Waals surface area contributed by atoms with Gasteiger partial charge in [-0.2, -0.15) is 0 Å². The maximum Gasteiger partial charge on any atom is -0.0184 e. The molecule has 0 heterocycles. The largest absolute Gasteiger partial charge is 0.0683 e. The van der Waals surface area contributed by atoms with Crippen LogP contribution in [-0.4, -0.2) is 0 Å². The van der Waals surface area contributed by atoms with Crippen molar-refractivity contribution in [1.82, 2.24) is 0 Å². The predicted molar refractivity (Wildman–Crippen MR) is 375 cm³/mol. The molecule has 0 aliphatic carbocycles. The van der Waals surface area contributed by atoms with Gasteiger partial charge >= 0.3 is 0 Å². The van der Waals surface area contributed by atoms with Crippen LogP contribution in [0.2, 0.25) is 0 Å². The van der Waals surface area contributed by atoms with Gasteiger partial charge in [0.2, 0.25) is 0 Å². The van der Waals surface area contributed by atoms with Crippen LogP contribution in [0.25, 0.3) is 32.3 Å². The van der Waals surface area contributed by atoms with Crippen LogP contribution in [0.1, 0.15) is 180 Å². The molecule has 0 unspecified atom stereocenters. The van der Waals surface area contributed by atoms with Gasteiger partial charge in [-0.1, -0.05) is 435 Å². The fraction of sp³-hybridized carbons (Fsp3) is 0.400. The quantitative estimate of drug-likeness (QED) is 0.142. The molecule has 9 rings (SSSR count). The third-order valence-electron chi connectivity index (χ3n) is 6.98. The summed E-state index contributed by atoms with van der Waals surface area (Å²) < 4.78 is 0. The Balaban J connectivity index is -0.000000258. The highest BCUT2D eigenvalue weighted by Crippen LogP contribution is 2.14. The van der Waals surface area contributed by atoms with Crippen LogP contribution in [0.5, 0.6) is 0 Å². The molecular formula is C80H122. The van der Waals surface area contributed by atoms with E-state index in [1.807, 2.05) is 137 Å². The van der Waals surface area contributed by atoms with E-state index in [0.717, 1.165) is 11.8 Å². The second-order valence-electron chi connectivity index (χ2n) is 26.0. The minimum atomic E-state index is 0.500. The molecule has 0 radical (unpaired) electrons. The summed E-state index contributed by atoms with van der Waals surface area (Å²) in [6, 6.07) is 86.1. The van der Waals surface area contributed by atoms with Gasteiger partial charge in [0.25, 0.3) is 0 Å². The predicted octanol–water partition coefficient (Wildman–Crippen LogP) is 27.2. The fourth-order valence-corrected chi connectivity index (χ4v) is 4.55. The average Bonchev–Trinajstić information content (AvgIpc) is 3.40. The zero-order chi connectivity index (χ0) is 62.3. The van der Waals surface area contributed by atoms with Crippen molar-refractivity contribution in [2.75, 3.05) is 0 Å². The van der Waals surface area contributed by atoms with Crippen molar-refractivity contribution < 1.29 is 0 Å². The Hall–Kier alpha value is -6.24. The lowest BCUT2D eigenvalue weighted by molar-refractivity contribution is 0.469. The van der Waals surface area contributed by atoms with E-state index in [9.17, 15) is 0 Å². The van der Waals surface area contributed by atoms with Gasteiger partial charge in [-0.05, 0) is 65.8 Å². The summed E-state index contributed by atoms with van der Waals surface area (Å²) >= 11 is 0. The second kappa shape index (κ2) is 53.4. The number of fused-ring (bicyclic) bond motifs is 3. The zero-order valence-corrected chi connectivity index (χ0v) is 56.4. The van der Waals surface area contributed by atoms with E-state index >= 15 is 0 Å². The maximum absolute atomic E-state index is 2.19. The van der Waals surface area contributed by atoms with E-state index in [1.54, 1.807) is 0 Å². The van der Waals surface area contributed by atoms with Crippen LogP contribution in [-0.2, 0) is 0 Å². The van der Waals surface area contributed by atoms with Crippen LogP contribution in [0.15, 0.2) is 255 Å². The monoisotopic (exact) mass is 1080 g/mol. The van der Waals surface area contributed by atoms with E-state index in [1.165, 1.54) is 32.3 Å². The van der Waals surface area contributed by atoms with Crippen LogP contribution < -0.4 is 0 Å². The fourth-order valence-electron chi connectivity index (χ4n) is 4.55. The molecule has 0 atom stereocenters. The van der Waals surface area contributed by atoms with Crippen molar-refractivity contribution in [1.29, 1.82) is 0 Å². The highest BCUT2D eigenvalue weighted by molar-refractivity contribution is 5.83. The minimum absolute atomic E-state index is 0.500. The third-order valence-corrected chi connectivity index (χ3v) is 6.98. The summed E-state index contributed by atoms with van der Waals surface area (Å²) in [5.74, 6) is 1.67. The normalized spacial score (nSPS) is 9.60. The Morgan fingerprint density at radius 1 is 0.163 bits per heavy atom. The smallest absolute Gasteiger partial charge is 0.0184 e. The third kappa shape index (κ3) is 83.1. The van der Waals surface area contributed by atoms with Gasteiger partial charge in [-0.15, -0.1) is 0 Å². The Kier molecular flexibility index (Phi) is 55.1. The molecule has 0 aliphatic heterocycles. The average molecular weight is 1080 g/mol. The number of benzene rings is 9. The molecule has 80 heavy (non-hydrogen) atoms. The molecule has 0 fully saturated rings. The molecular weight excluding hydrogens is 961 g/mol. The number of rotatable bonds is 0. The zero-order valence-electron chi connectivity index (χ0n) is 56.4. The first kappa shape index (κ1) is 82.6. The van der Waals surface area contributed by atoms with E-state index < -0.39 is 0 Å². The molecule has 9 aromatic rings. The van der Waals surface area contributed by atoms with Crippen molar-refractivity contribution in [3.8, 4) is 0 Å². The van der Waals surface area contributed by atoms with Gasteiger partial charge in [0.1, 0.15) is 0 Å². The molecule has 0 nitrogen and oxygen atoms in total. The summed E-state index contributed by atoms with van der Waals surface area (Å²) in [6.07, 6.45) is 0. The summed E-state index contributed by atoms with van der Waals surface area (Å²) in [7, 11) is 0. The van der Waals surface area contributed by atoms with Crippen LogP contribution >= 0.6 is 0 Å². The Labute approximate surface area is 498 Å². The van der Waals surface area contributed by atoms with Crippen LogP contribution in [0.3, 0.4) is 0 Å². The van der Waals surface area contributed by atoms with E-state index in [-0.39, 0.29) is 0 Å². The summed E-state index contributed by atoms with van der Waals surface area (Å²) in [4.78, 5) is 0. The molecule has 0 N–H and O–H groups in total. The van der Waals surface area contributed by atoms with Crippen LogP contribution in [0.4, 0.5) is 0 Å². The molecule has 0 saturated heterocycles. The van der Waals surface area contributed by atoms with Gasteiger partial charge in [0, 0.05) is 0 Å². The lowest BCUT2D eigenvalue weighted by atomic mass is 10.0. The molecule has 0 saturated carbocycles. The summed E-state index contributed by atoms with van der Waals surface area (Å²) in [5, 5.41) is 7.86. The molecule has 0 aromatic heterocycles. The molecule has 442 valence electrons. The molecule has 0 heteroatoms. The number of hydrogen-bond donors (Lipinski definition) is 0. The van der Waals surface area contributed by atoms with Crippen molar-refractivity contribution in [2.45, 2.75) is 180 Å². The van der Waals surface area contributed by atoms with Gasteiger partial charge in [-0.25, -0.2) is 0 Å². The first-order valence-corrected chi connectivity index (χ1v) is 29.7. The van der Waals surface area contributed by atoms with Crippen molar-refractivity contribution in [2.24, 2.45) is 33.5 Å². The van der Waals surface area contributed by atoms with Gasteiger partial charge in [0.15, 0.2) is 0 Å². The van der Waals surface area contributed by atoms with E-state index in [0.29, 0.717) is 21.7 Å².